The summed E-state index contributed by atoms with van der Waals surface area (Å²) >= 11 is 1.64. The van der Waals surface area contributed by atoms with Crippen molar-refractivity contribution in [1.82, 2.24) is 10.0 Å². The van der Waals surface area contributed by atoms with Crippen LogP contribution in [0.5, 0.6) is 0 Å². The Bertz CT molecular complexity index is 491. The molecule has 0 unspecified atom stereocenters. The number of carbonyl (C=O) groups is 1. The fourth-order valence-electron chi connectivity index (χ4n) is 1.50. The van der Waals surface area contributed by atoms with Crippen molar-refractivity contribution in [2.75, 3.05) is 14.2 Å². The Hall–Kier alpha value is -1.46. The summed E-state index contributed by atoms with van der Waals surface area (Å²) in [4.78, 5) is 20.8. The minimum atomic E-state index is -0.0354. The Kier molecular flexibility index (Phi) is 3.71. The zero-order valence-electron chi connectivity index (χ0n) is 9.84. The number of amides is 1. The van der Waals surface area contributed by atoms with E-state index >= 15 is 0 Å². The number of benzene rings is 1. The highest BCUT2D eigenvalue weighted by atomic mass is 32.1. The fraction of sp³-hybridized carbons (Fsp3) is 0.333. The van der Waals surface area contributed by atoms with Crippen LogP contribution in [-0.4, -0.2) is 30.1 Å². The van der Waals surface area contributed by atoms with E-state index in [1.165, 1.54) is 12.2 Å². The van der Waals surface area contributed by atoms with Crippen LogP contribution in [0.3, 0.4) is 0 Å². The van der Waals surface area contributed by atoms with Crippen LogP contribution in [-0.2, 0) is 16.1 Å². The highest BCUT2D eigenvalue weighted by Gasteiger charge is 2.10. The average molecular weight is 250 g/mol. The molecule has 5 heteroatoms. The molecule has 2 aromatic rings. The third-order valence-electron chi connectivity index (χ3n) is 2.52. The van der Waals surface area contributed by atoms with Gasteiger partial charge < -0.3 is 0 Å². The van der Waals surface area contributed by atoms with Crippen LogP contribution in [0.1, 0.15) is 11.4 Å². The molecule has 0 N–H and O–H groups in total. The fourth-order valence-corrected chi connectivity index (χ4v) is 2.47. The van der Waals surface area contributed by atoms with E-state index in [0.29, 0.717) is 12.8 Å². The molecule has 1 amide bonds. The van der Waals surface area contributed by atoms with Gasteiger partial charge in [0.05, 0.1) is 22.3 Å². The maximum absolute atomic E-state index is 11.5. The highest BCUT2D eigenvalue weighted by molar-refractivity contribution is 7.18. The zero-order valence-corrected chi connectivity index (χ0v) is 10.7. The minimum absolute atomic E-state index is 0.0354. The molecule has 0 saturated carbocycles. The molecule has 0 spiro atoms. The molecule has 0 saturated heterocycles. The lowest BCUT2D eigenvalue weighted by atomic mass is 10.3. The lowest BCUT2D eigenvalue weighted by Crippen LogP contribution is -2.25. The second kappa shape index (κ2) is 5.25. The lowest BCUT2D eigenvalue weighted by molar-refractivity contribution is -0.168. The number of aromatic nitrogens is 1. The van der Waals surface area contributed by atoms with E-state index in [1.54, 1.807) is 18.4 Å². The predicted molar refractivity (Wildman–Crippen MR) is 67.7 cm³/mol. The van der Waals surface area contributed by atoms with Gasteiger partial charge in [0.25, 0.3) is 0 Å². The minimum Gasteiger partial charge on any atom is -0.275 e. The predicted octanol–water partition coefficient (Wildman–Crippen LogP) is 2.25. The largest absolute Gasteiger partial charge is 0.275 e. The van der Waals surface area contributed by atoms with Crippen LogP contribution in [0.15, 0.2) is 24.3 Å². The van der Waals surface area contributed by atoms with E-state index in [9.17, 15) is 4.79 Å². The van der Waals surface area contributed by atoms with Gasteiger partial charge in [0.15, 0.2) is 0 Å². The number of hydroxylamine groups is 2. The summed E-state index contributed by atoms with van der Waals surface area (Å²) in [5.41, 5.74) is 1.00. The summed E-state index contributed by atoms with van der Waals surface area (Å²) in [6.45, 7) is 0. The van der Waals surface area contributed by atoms with Crippen molar-refractivity contribution >= 4 is 27.5 Å². The first-order chi connectivity index (χ1) is 8.20. The third kappa shape index (κ3) is 2.81. The standard InChI is InChI=1S/C12H14N2O2S/c1-14(16-2)12(15)8-7-11-13-9-5-3-4-6-10(9)17-11/h3-6H,7-8H2,1-2H3. The number of rotatable bonds is 4. The smallest absolute Gasteiger partial charge is 0.246 e. The van der Waals surface area contributed by atoms with E-state index in [0.717, 1.165) is 15.2 Å². The topological polar surface area (TPSA) is 42.4 Å². The Morgan fingerprint density at radius 3 is 2.94 bits per heavy atom. The summed E-state index contributed by atoms with van der Waals surface area (Å²) in [6.07, 6.45) is 1.08. The van der Waals surface area contributed by atoms with Gasteiger partial charge in [0.2, 0.25) is 5.91 Å². The van der Waals surface area contributed by atoms with Gasteiger partial charge in [0.1, 0.15) is 0 Å². The lowest BCUT2D eigenvalue weighted by Gasteiger charge is -2.12. The SMILES string of the molecule is CON(C)C(=O)CCc1nc2ccccc2s1. The molecule has 0 fully saturated rings. The van der Waals surface area contributed by atoms with Crippen molar-refractivity contribution in [2.45, 2.75) is 12.8 Å². The number of hydrogen-bond donors (Lipinski definition) is 0. The van der Waals surface area contributed by atoms with Crippen molar-refractivity contribution in [3.8, 4) is 0 Å². The second-order valence-corrected chi connectivity index (χ2v) is 4.76. The van der Waals surface area contributed by atoms with Crippen molar-refractivity contribution in [1.29, 1.82) is 0 Å². The van der Waals surface area contributed by atoms with Crippen molar-refractivity contribution in [2.24, 2.45) is 0 Å². The Labute approximate surface area is 104 Å². The first-order valence-corrected chi connectivity index (χ1v) is 6.17. The van der Waals surface area contributed by atoms with Gasteiger partial charge in [0, 0.05) is 19.9 Å². The maximum atomic E-state index is 11.5. The molecule has 2 rings (SSSR count). The van der Waals surface area contributed by atoms with Gasteiger partial charge in [-0.1, -0.05) is 12.1 Å². The number of carbonyl (C=O) groups excluding carboxylic acids is 1. The first-order valence-electron chi connectivity index (χ1n) is 5.36. The number of nitrogens with zero attached hydrogens (tertiary/aromatic N) is 2. The van der Waals surface area contributed by atoms with Gasteiger partial charge in [-0.25, -0.2) is 10.0 Å². The molecule has 17 heavy (non-hydrogen) atoms. The molecule has 0 atom stereocenters. The molecule has 1 heterocycles. The number of thiazole rings is 1. The van der Waals surface area contributed by atoms with E-state index in [4.69, 9.17) is 4.84 Å². The Morgan fingerprint density at radius 2 is 2.24 bits per heavy atom. The van der Waals surface area contributed by atoms with Gasteiger partial charge in [-0.3, -0.25) is 9.63 Å². The number of aryl methyl sites for hydroxylation is 1. The normalized spacial score (nSPS) is 10.7. The second-order valence-electron chi connectivity index (χ2n) is 3.65. The Balaban J connectivity index is 2.02. The van der Waals surface area contributed by atoms with E-state index in [-0.39, 0.29) is 5.91 Å². The summed E-state index contributed by atoms with van der Waals surface area (Å²) in [7, 11) is 3.09. The molecule has 1 aromatic heterocycles. The Morgan fingerprint density at radius 1 is 1.47 bits per heavy atom. The van der Waals surface area contributed by atoms with Crippen molar-refractivity contribution in [3.05, 3.63) is 29.3 Å². The van der Waals surface area contributed by atoms with Crippen molar-refractivity contribution < 1.29 is 9.63 Å². The molecular formula is C12H14N2O2S. The zero-order chi connectivity index (χ0) is 12.3. The molecule has 0 aliphatic heterocycles. The van der Waals surface area contributed by atoms with Crippen LogP contribution in [0.25, 0.3) is 10.2 Å². The quantitative estimate of drug-likeness (QED) is 0.782. The molecule has 4 nitrogen and oxygen atoms in total. The monoisotopic (exact) mass is 250 g/mol. The number of hydrogen-bond acceptors (Lipinski definition) is 4. The van der Waals surface area contributed by atoms with Gasteiger partial charge in [-0.05, 0) is 12.1 Å². The third-order valence-corrected chi connectivity index (χ3v) is 3.61. The van der Waals surface area contributed by atoms with Crippen molar-refractivity contribution in [3.63, 3.8) is 0 Å². The highest BCUT2D eigenvalue weighted by Crippen LogP contribution is 2.22. The summed E-state index contributed by atoms with van der Waals surface area (Å²) in [6, 6.07) is 7.99. The first kappa shape index (κ1) is 12.0. The summed E-state index contributed by atoms with van der Waals surface area (Å²) in [5.74, 6) is -0.0354. The van der Waals surface area contributed by atoms with Crippen LogP contribution in [0, 0.1) is 0 Å². The van der Waals surface area contributed by atoms with Crippen LogP contribution in [0.4, 0.5) is 0 Å². The van der Waals surface area contributed by atoms with E-state index in [2.05, 4.69) is 4.98 Å². The number of para-hydroxylation sites is 1. The molecular weight excluding hydrogens is 236 g/mol. The summed E-state index contributed by atoms with van der Waals surface area (Å²) in [5, 5.41) is 2.23. The molecule has 0 aliphatic rings. The van der Waals surface area contributed by atoms with Gasteiger partial charge in [-0.2, -0.15) is 0 Å². The van der Waals surface area contributed by atoms with Gasteiger partial charge >= 0.3 is 0 Å². The van der Waals surface area contributed by atoms with Crippen LogP contribution in [0.2, 0.25) is 0 Å². The molecule has 90 valence electrons. The number of fused-ring (bicyclic) bond motifs is 1. The maximum Gasteiger partial charge on any atom is 0.246 e. The van der Waals surface area contributed by atoms with E-state index < -0.39 is 0 Å². The average Bonchev–Trinajstić information content (AvgIpc) is 2.77. The molecule has 0 aliphatic carbocycles. The molecule has 1 aromatic carbocycles. The van der Waals surface area contributed by atoms with Crippen LogP contribution >= 0.6 is 11.3 Å². The van der Waals surface area contributed by atoms with E-state index in [1.807, 2.05) is 24.3 Å². The van der Waals surface area contributed by atoms with Gasteiger partial charge in [-0.15, -0.1) is 11.3 Å². The summed E-state index contributed by atoms with van der Waals surface area (Å²) < 4.78 is 1.16. The van der Waals surface area contributed by atoms with Crippen LogP contribution < -0.4 is 0 Å². The molecule has 0 radical (unpaired) electrons. The molecule has 0 bridgehead atoms.